The van der Waals surface area contributed by atoms with E-state index in [0.29, 0.717) is 25.5 Å². The molecule has 1 fully saturated rings. The molecule has 0 radical (unpaired) electrons. The van der Waals surface area contributed by atoms with E-state index in [9.17, 15) is 5.11 Å². The highest BCUT2D eigenvalue weighted by molar-refractivity contribution is 5.17. The van der Waals surface area contributed by atoms with E-state index in [4.69, 9.17) is 4.74 Å². The fourth-order valence-electron chi connectivity index (χ4n) is 2.85. The van der Waals surface area contributed by atoms with Crippen molar-refractivity contribution < 1.29 is 9.84 Å². The van der Waals surface area contributed by atoms with Crippen LogP contribution in [0, 0.1) is 0 Å². The zero-order chi connectivity index (χ0) is 16.1. The van der Waals surface area contributed by atoms with E-state index in [1.807, 2.05) is 30.3 Å². The van der Waals surface area contributed by atoms with Crippen LogP contribution in [0.5, 0.6) is 0 Å². The lowest BCUT2D eigenvalue weighted by Gasteiger charge is -2.32. The molecular weight excluding hydrogens is 292 g/mol. The first-order valence-corrected chi connectivity index (χ1v) is 8.24. The maximum Gasteiger partial charge on any atom is 0.180 e. The lowest BCUT2D eigenvalue weighted by Crippen LogP contribution is -2.40. The van der Waals surface area contributed by atoms with Crippen molar-refractivity contribution in [1.82, 2.24) is 20.1 Å². The van der Waals surface area contributed by atoms with Crippen molar-refractivity contribution in [2.75, 3.05) is 26.2 Å². The van der Waals surface area contributed by atoms with Crippen LogP contribution in [0.4, 0.5) is 0 Å². The number of aromatic nitrogens is 3. The summed E-state index contributed by atoms with van der Waals surface area (Å²) in [6.07, 6.45) is 1.32. The third-order valence-corrected chi connectivity index (χ3v) is 4.09. The van der Waals surface area contributed by atoms with Crippen LogP contribution in [0.1, 0.15) is 42.8 Å². The summed E-state index contributed by atoms with van der Waals surface area (Å²) in [5.74, 6) is 1.62. The first-order valence-electron chi connectivity index (χ1n) is 8.24. The number of aryl methyl sites for hydroxylation is 1. The fourth-order valence-corrected chi connectivity index (χ4v) is 2.85. The number of aromatic amines is 1. The smallest absolute Gasteiger partial charge is 0.180 e. The number of H-pyrrole nitrogens is 1. The number of nitrogens with one attached hydrogen (secondary N) is 1. The zero-order valence-corrected chi connectivity index (χ0v) is 13.5. The number of aliphatic hydroxyl groups excluding tert-OH is 1. The Kier molecular flexibility index (Phi) is 5.38. The first-order chi connectivity index (χ1) is 11.3. The number of benzene rings is 1. The number of nitrogens with zero attached hydrogens (tertiary/aromatic N) is 3. The summed E-state index contributed by atoms with van der Waals surface area (Å²) in [6, 6.07) is 9.76. The van der Waals surface area contributed by atoms with E-state index in [0.717, 1.165) is 30.8 Å². The highest BCUT2D eigenvalue weighted by Gasteiger charge is 2.26. The molecule has 0 bridgehead atoms. The summed E-state index contributed by atoms with van der Waals surface area (Å²) < 4.78 is 5.80. The Hall–Kier alpha value is -1.76. The summed E-state index contributed by atoms with van der Waals surface area (Å²) in [5, 5.41) is 17.6. The summed E-state index contributed by atoms with van der Waals surface area (Å²) in [7, 11) is 0. The molecule has 1 aromatic carbocycles. The van der Waals surface area contributed by atoms with Crippen LogP contribution in [0.2, 0.25) is 0 Å². The van der Waals surface area contributed by atoms with Crippen LogP contribution in [0.15, 0.2) is 30.3 Å². The van der Waals surface area contributed by atoms with Crippen molar-refractivity contribution in [1.29, 1.82) is 0 Å². The second kappa shape index (κ2) is 7.68. The van der Waals surface area contributed by atoms with Crippen LogP contribution in [-0.2, 0) is 11.2 Å². The predicted molar refractivity (Wildman–Crippen MR) is 86.9 cm³/mol. The molecule has 0 saturated carbocycles. The van der Waals surface area contributed by atoms with Crippen LogP contribution in [-0.4, -0.2) is 51.4 Å². The van der Waals surface area contributed by atoms with Crippen LogP contribution < -0.4 is 0 Å². The molecule has 124 valence electrons. The first kappa shape index (κ1) is 16.1. The topological polar surface area (TPSA) is 74.3 Å². The van der Waals surface area contributed by atoms with Gasteiger partial charge in [0.25, 0.3) is 0 Å². The minimum atomic E-state index is -0.488. The van der Waals surface area contributed by atoms with Gasteiger partial charge in [0.05, 0.1) is 12.7 Å². The molecule has 0 amide bonds. The van der Waals surface area contributed by atoms with Crippen molar-refractivity contribution in [2.45, 2.75) is 32.0 Å². The van der Waals surface area contributed by atoms with E-state index in [1.165, 1.54) is 0 Å². The molecule has 1 aliphatic heterocycles. The summed E-state index contributed by atoms with van der Waals surface area (Å²) in [5.41, 5.74) is 0.943. The third-order valence-electron chi connectivity index (χ3n) is 4.09. The van der Waals surface area contributed by atoms with E-state index in [2.05, 4.69) is 27.0 Å². The Morgan fingerprint density at radius 1 is 1.39 bits per heavy atom. The molecule has 23 heavy (non-hydrogen) atoms. The second-order valence-corrected chi connectivity index (χ2v) is 5.94. The fraction of sp³-hybridized carbons (Fsp3) is 0.529. The highest BCUT2D eigenvalue weighted by atomic mass is 16.5. The molecule has 2 N–H and O–H groups in total. The lowest BCUT2D eigenvalue weighted by atomic mass is 10.1. The number of morpholine rings is 1. The number of rotatable bonds is 6. The zero-order valence-electron chi connectivity index (χ0n) is 13.5. The molecule has 0 aliphatic carbocycles. The molecule has 1 aliphatic rings. The summed E-state index contributed by atoms with van der Waals surface area (Å²) in [4.78, 5) is 6.72. The molecule has 6 heteroatoms. The van der Waals surface area contributed by atoms with E-state index < -0.39 is 6.10 Å². The summed E-state index contributed by atoms with van der Waals surface area (Å²) in [6.45, 7) is 4.85. The van der Waals surface area contributed by atoms with Crippen molar-refractivity contribution in [2.24, 2.45) is 0 Å². The molecule has 2 heterocycles. The van der Waals surface area contributed by atoms with Gasteiger partial charge in [0, 0.05) is 26.1 Å². The van der Waals surface area contributed by atoms with Gasteiger partial charge in [-0.1, -0.05) is 37.3 Å². The molecule has 2 atom stereocenters. The van der Waals surface area contributed by atoms with Crippen molar-refractivity contribution >= 4 is 0 Å². The maximum absolute atomic E-state index is 10.4. The van der Waals surface area contributed by atoms with Gasteiger partial charge < -0.3 is 9.84 Å². The normalized spacial score (nSPS) is 20.5. The van der Waals surface area contributed by atoms with E-state index >= 15 is 0 Å². The molecule has 0 unspecified atom stereocenters. The molecule has 1 aromatic heterocycles. The number of hydrogen-bond donors (Lipinski definition) is 2. The van der Waals surface area contributed by atoms with Gasteiger partial charge >= 0.3 is 0 Å². The van der Waals surface area contributed by atoms with Crippen LogP contribution >= 0.6 is 0 Å². The van der Waals surface area contributed by atoms with Crippen molar-refractivity contribution in [3.63, 3.8) is 0 Å². The Balaban J connectivity index is 1.59. The van der Waals surface area contributed by atoms with Crippen LogP contribution in [0.3, 0.4) is 0 Å². The van der Waals surface area contributed by atoms with Gasteiger partial charge in [-0.3, -0.25) is 10.00 Å². The molecule has 1 saturated heterocycles. The van der Waals surface area contributed by atoms with Gasteiger partial charge in [-0.15, -0.1) is 0 Å². The minimum Gasteiger partial charge on any atom is -0.387 e. The van der Waals surface area contributed by atoms with E-state index in [1.54, 1.807) is 0 Å². The Labute approximate surface area is 136 Å². The Morgan fingerprint density at radius 3 is 3.00 bits per heavy atom. The second-order valence-electron chi connectivity index (χ2n) is 5.94. The Bertz CT molecular complexity index is 602. The number of ether oxygens (including phenoxy) is 1. The maximum atomic E-state index is 10.4. The number of aliphatic hydroxyl groups is 1. The van der Waals surface area contributed by atoms with Gasteiger partial charge in [-0.05, 0) is 12.0 Å². The van der Waals surface area contributed by atoms with Gasteiger partial charge in [-0.25, -0.2) is 4.98 Å². The predicted octanol–water partition coefficient (Wildman–Crippen LogP) is 1.86. The van der Waals surface area contributed by atoms with Gasteiger partial charge in [0.2, 0.25) is 0 Å². The molecular formula is C17H24N4O2. The van der Waals surface area contributed by atoms with Crippen molar-refractivity contribution in [3.8, 4) is 0 Å². The monoisotopic (exact) mass is 316 g/mol. The molecule has 6 nitrogen and oxygen atoms in total. The Morgan fingerprint density at radius 2 is 2.22 bits per heavy atom. The average molecular weight is 316 g/mol. The lowest BCUT2D eigenvalue weighted by molar-refractivity contribution is -0.0461. The van der Waals surface area contributed by atoms with Gasteiger partial charge in [0.1, 0.15) is 11.9 Å². The molecule has 2 aromatic rings. The van der Waals surface area contributed by atoms with E-state index in [-0.39, 0.29) is 6.10 Å². The standard InChI is InChI=1S/C17H24N4O2/c1-2-6-16-18-17(20-19-16)15-12-21(9-10-23-15)11-14(22)13-7-4-3-5-8-13/h3-5,7-8,14-15,22H,2,6,9-12H2,1H3,(H,18,19,20)/t14-,15+/m1/s1. The molecule has 3 rings (SSSR count). The van der Waals surface area contributed by atoms with Gasteiger partial charge in [0.15, 0.2) is 5.82 Å². The molecule has 0 spiro atoms. The quantitative estimate of drug-likeness (QED) is 0.851. The van der Waals surface area contributed by atoms with Crippen LogP contribution in [0.25, 0.3) is 0 Å². The SMILES string of the molecule is CCCc1nc([C@@H]2CN(C[C@@H](O)c3ccccc3)CCO2)n[nH]1. The van der Waals surface area contributed by atoms with Crippen molar-refractivity contribution in [3.05, 3.63) is 47.5 Å². The average Bonchev–Trinajstić information content (AvgIpc) is 3.05. The third kappa shape index (κ3) is 4.16. The highest BCUT2D eigenvalue weighted by Crippen LogP contribution is 2.22. The summed E-state index contributed by atoms with van der Waals surface area (Å²) >= 11 is 0. The number of β-amino-alcohol motifs (C(OH)–C–C–N with tert-alkyl or cyclic N) is 1. The van der Waals surface area contributed by atoms with Gasteiger partial charge in [-0.2, -0.15) is 5.10 Å². The largest absolute Gasteiger partial charge is 0.387 e. The number of hydrogen-bond acceptors (Lipinski definition) is 5. The minimum absolute atomic E-state index is 0.131.